The summed E-state index contributed by atoms with van der Waals surface area (Å²) >= 11 is 0. The lowest BCUT2D eigenvalue weighted by Gasteiger charge is -2.36. The molecule has 31 heavy (non-hydrogen) atoms. The predicted molar refractivity (Wildman–Crippen MR) is 112 cm³/mol. The SMILES string of the molecule is CN=C(C)/C(CN1CCN(c2nccnc2-c2ccc(F)cc2)CC1)=C(\N)C(F)(F)F. The van der Waals surface area contributed by atoms with Gasteiger partial charge in [0.1, 0.15) is 17.2 Å². The van der Waals surface area contributed by atoms with E-state index in [1.165, 1.54) is 26.1 Å². The van der Waals surface area contributed by atoms with Gasteiger partial charge in [-0.05, 0) is 31.2 Å². The number of hydrogen-bond donors (Lipinski definition) is 1. The number of nitrogens with zero attached hydrogens (tertiary/aromatic N) is 5. The molecular formula is C21H24F4N6. The van der Waals surface area contributed by atoms with Crippen molar-refractivity contribution in [2.75, 3.05) is 44.7 Å². The molecule has 10 heteroatoms. The summed E-state index contributed by atoms with van der Waals surface area (Å²) in [5.41, 5.74) is 5.92. The van der Waals surface area contributed by atoms with Gasteiger partial charge in [-0.15, -0.1) is 0 Å². The van der Waals surface area contributed by atoms with E-state index in [-0.39, 0.29) is 23.6 Å². The van der Waals surface area contributed by atoms with Crippen LogP contribution in [0, 0.1) is 5.82 Å². The van der Waals surface area contributed by atoms with Crippen molar-refractivity contribution in [1.82, 2.24) is 14.9 Å². The van der Waals surface area contributed by atoms with E-state index in [1.54, 1.807) is 24.5 Å². The van der Waals surface area contributed by atoms with E-state index in [0.717, 1.165) is 5.56 Å². The maximum absolute atomic E-state index is 13.3. The average molecular weight is 436 g/mol. The van der Waals surface area contributed by atoms with E-state index >= 15 is 0 Å². The van der Waals surface area contributed by atoms with Crippen LogP contribution in [0.1, 0.15) is 6.92 Å². The van der Waals surface area contributed by atoms with Crippen molar-refractivity contribution in [1.29, 1.82) is 0 Å². The van der Waals surface area contributed by atoms with Crippen LogP contribution in [0.3, 0.4) is 0 Å². The number of anilines is 1. The molecule has 2 aromatic rings. The molecule has 0 aliphatic carbocycles. The van der Waals surface area contributed by atoms with Crippen molar-refractivity contribution >= 4 is 11.5 Å². The van der Waals surface area contributed by atoms with Crippen LogP contribution in [0.15, 0.2) is 52.9 Å². The second kappa shape index (κ2) is 9.42. The second-order valence-electron chi connectivity index (χ2n) is 7.20. The summed E-state index contributed by atoms with van der Waals surface area (Å²) in [6, 6.07) is 6.01. The molecule has 0 radical (unpaired) electrons. The number of allylic oxidation sites excluding steroid dienone is 1. The molecule has 0 bridgehead atoms. The molecule has 0 spiro atoms. The van der Waals surface area contributed by atoms with Crippen LogP contribution in [0.25, 0.3) is 11.3 Å². The number of alkyl halides is 3. The third-order valence-corrected chi connectivity index (χ3v) is 5.25. The normalized spacial score (nSPS) is 17.0. The second-order valence-corrected chi connectivity index (χ2v) is 7.20. The van der Waals surface area contributed by atoms with Crippen LogP contribution in [0.5, 0.6) is 0 Å². The molecule has 0 amide bonds. The highest BCUT2D eigenvalue weighted by molar-refractivity contribution is 5.99. The van der Waals surface area contributed by atoms with Crippen molar-refractivity contribution in [3.8, 4) is 11.3 Å². The molecule has 1 aliphatic rings. The molecule has 1 aromatic carbocycles. The molecule has 2 heterocycles. The van der Waals surface area contributed by atoms with Crippen LogP contribution in [-0.4, -0.2) is 66.5 Å². The highest BCUT2D eigenvalue weighted by atomic mass is 19.4. The molecule has 2 N–H and O–H groups in total. The van der Waals surface area contributed by atoms with E-state index in [9.17, 15) is 17.6 Å². The number of benzene rings is 1. The monoisotopic (exact) mass is 436 g/mol. The van der Waals surface area contributed by atoms with Gasteiger partial charge in [0.2, 0.25) is 0 Å². The number of hydrogen-bond acceptors (Lipinski definition) is 6. The maximum atomic E-state index is 13.3. The summed E-state index contributed by atoms with van der Waals surface area (Å²) in [5, 5.41) is 0. The van der Waals surface area contributed by atoms with Gasteiger partial charge in [-0.1, -0.05) is 0 Å². The number of aromatic nitrogens is 2. The zero-order valence-electron chi connectivity index (χ0n) is 17.3. The Morgan fingerprint density at radius 3 is 2.26 bits per heavy atom. The molecule has 166 valence electrons. The first-order valence-corrected chi connectivity index (χ1v) is 9.74. The van der Waals surface area contributed by atoms with Gasteiger partial charge in [-0.3, -0.25) is 14.9 Å². The lowest BCUT2D eigenvalue weighted by atomic mass is 10.1. The number of halogens is 4. The minimum absolute atomic E-state index is 0.00467. The van der Waals surface area contributed by atoms with Gasteiger partial charge in [0.25, 0.3) is 0 Å². The zero-order valence-corrected chi connectivity index (χ0v) is 17.3. The minimum atomic E-state index is -4.60. The van der Waals surface area contributed by atoms with Crippen LogP contribution in [-0.2, 0) is 0 Å². The van der Waals surface area contributed by atoms with Crippen molar-refractivity contribution < 1.29 is 17.6 Å². The van der Waals surface area contributed by atoms with E-state index in [2.05, 4.69) is 15.0 Å². The topological polar surface area (TPSA) is 70.6 Å². The lowest BCUT2D eigenvalue weighted by Crippen LogP contribution is -2.48. The molecule has 1 saturated heterocycles. The fourth-order valence-electron chi connectivity index (χ4n) is 3.42. The van der Waals surface area contributed by atoms with Crippen molar-refractivity contribution in [2.45, 2.75) is 13.1 Å². The van der Waals surface area contributed by atoms with Gasteiger partial charge in [-0.2, -0.15) is 13.2 Å². The molecule has 0 atom stereocenters. The van der Waals surface area contributed by atoms with Crippen LogP contribution >= 0.6 is 0 Å². The predicted octanol–water partition coefficient (Wildman–Crippen LogP) is 3.27. The van der Waals surface area contributed by atoms with E-state index in [0.29, 0.717) is 37.7 Å². The molecule has 6 nitrogen and oxygen atoms in total. The Bertz CT molecular complexity index is 961. The third kappa shape index (κ3) is 5.38. The van der Waals surface area contributed by atoms with Crippen molar-refractivity contribution in [3.05, 3.63) is 53.7 Å². The Hall–Kier alpha value is -3.01. The fourth-order valence-corrected chi connectivity index (χ4v) is 3.42. The van der Waals surface area contributed by atoms with E-state index in [4.69, 9.17) is 5.73 Å². The largest absolute Gasteiger partial charge is 0.431 e. The van der Waals surface area contributed by atoms with Gasteiger partial charge < -0.3 is 10.6 Å². The summed E-state index contributed by atoms with van der Waals surface area (Å²) < 4.78 is 52.8. The highest BCUT2D eigenvalue weighted by Gasteiger charge is 2.35. The van der Waals surface area contributed by atoms with E-state index in [1.807, 2.05) is 9.80 Å². The Labute approximate surface area is 178 Å². The maximum Gasteiger partial charge on any atom is 0.431 e. The Kier molecular flexibility index (Phi) is 6.89. The summed E-state index contributed by atoms with van der Waals surface area (Å²) in [5.74, 6) is 0.321. The number of rotatable bonds is 5. The molecule has 3 rings (SSSR count). The first-order valence-electron chi connectivity index (χ1n) is 9.74. The summed E-state index contributed by atoms with van der Waals surface area (Å²) in [7, 11) is 1.45. The number of nitrogens with two attached hydrogens (primary N) is 1. The summed E-state index contributed by atoms with van der Waals surface area (Å²) in [4.78, 5) is 16.7. The minimum Gasteiger partial charge on any atom is -0.394 e. The van der Waals surface area contributed by atoms with E-state index < -0.39 is 11.9 Å². The fraction of sp³-hybridized carbons (Fsp3) is 0.381. The van der Waals surface area contributed by atoms with Gasteiger partial charge in [0.05, 0.1) is 0 Å². The quantitative estimate of drug-likeness (QED) is 0.576. The lowest BCUT2D eigenvalue weighted by molar-refractivity contribution is -0.0934. The summed E-state index contributed by atoms with van der Waals surface area (Å²) in [6.07, 6.45) is -1.45. The van der Waals surface area contributed by atoms with Crippen molar-refractivity contribution in [3.63, 3.8) is 0 Å². The van der Waals surface area contributed by atoms with Crippen molar-refractivity contribution in [2.24, 2.45) is 10.7 Å². The van der Waals surface area contributed by atoms with Crippen LogP contribution in [0.4, 0.5) is 23.4 Å². The Morgan fingerprint density at radius 1 is 1.06 bits per heavy atom. The smallest absolute Gasteiger partial charge is 0.394 e. The molecule has 0 unspecified atom stereocenters. The standard InChI is InChI=1S/C21H24F4N6/c1-14(27-2)17(19(26)21(23,24)25)13-30-9-11-31(12-10-30)20-18(28-7-8-29-20)15-3-5-16(22)6-4-15/h3-8H,9-13,26H2,1-2H3/b19-17-,27-14?. The van der Waals surface area contributed by atoms with Gasteiger partial charge in [-0.25, -0.2) is 9.37 Å². The first-order chi connectivity index (χ1) is 14.7. The van der Waals surface area contributed by atoms with Crippen LogP contribution in [0.2, 0.25) is 0 Å². The molecule has 1 aliphatic heterocycles. The first kappa shape index (κ1) is 22.7. The van der Waals surface area contributed by atoms with Crippen LogP contribution < -0.4 is 10.6 Å². The molecular weight excluding hydrogens is 412 g/mol. The third-order valence-electron chi connectivity index (χ3n) is 5.25. The summed E-state index contributed by atoms with van der Waals surface area (Å²) in [6.45, 7) is 3.73. The molecule has 1 fully saturated rings. The number of piperazine rings is 1. The molecule has 0 saturated carbocycles. The number of aliphatic imine (C=N–C) groups is 1. The highest BCUT2D eigenvalue weighted by Crippen LogP contribution is 2.28. The molecule has 1 aromatic heterocycles. The Morgan fingerprint density at radius 2 is 1.68 bits per heavy atom. The zero-order chi connectivity index (χ0) is 22.6. The van der Waals surface area contributed by atoms with Gasteiger partial charge in [0.15, 0.2) is 5.82 Å². The van der Waals surface area contributed by atoms with Gasteiger partial charge >= 0.3 is 6.18 Å². The van der Waals surface area contributed by atoms with Gasteiger partial charge in [0, 0.05) is 69.0 Å². The Balaban J connectivity index is 1.75. The average Bonchev–Trinajstić information content (AvgIpc) is 2.77.